The molecule has 6 aliphatic heterocycles. The van der Waals surface area contributed by atoms with Crippen molar-refractivity contribution in [2.75, 3.05) is 26.2 Å². The van der Waals surface area contributed by atoms with Crippen LogP contribution in [0.15, 0.2) is 85.6 Å². The topological polar surface area (TPSA) is 65.5 Å². The summed E-state index contributed by atoms with van der Waals surface area (Å²) in [6.07, 6.45) is 16.1. The molecule has 0 aliphatic carbocycles. The molecule has 6 aliphatic rings. The van der Waals surface area contributed by atoms with Gasteiger partial charge in [0.05, 0.1) is 27.5 Å². The molecule has 0 spiro atoms. The molecule has 226 valence electrons. The number of amides is 1. The average molecular weight is 605 g/mol. The molecule has 10 rings (SSSR count). The number of fused-ring (bicyclic) bond motifs is 6. The van der Waals surface area contributed by atoms with Crippen molar-refractivity contribution < 1.29 is 4.79 Å². The minimum Gasteiger partial charge on any atom is -0.328 e. The number of carbonyl (C=O) groups is 1. The summed E-state index contributed by atoms with van der Waals surface area (Å²) >= 11 is 1.60. The number of nitrogens with zero attached hydrogens (tertiary/aromatic N) is 6. The second kappa shape index (κ2) is 12.1. The molecule has 7 nitrogen and oxygen atoms in total. The van der Waals surface area contributed by atoms with Crippen LogP contribution in [0.2, 0.25) is 0 Å². The Balaban J connectivity index is 1.22. The number of piperidine rings is 6. The van der Waals surface area contributed by atoms with Gasteiger partial charge in [-0.2, -0.15) is 0 Å². The average Bonchev–Trinajstić information content (AvgIpc) is 3.59. The third-order valence-corrected chi connectivity index (χ3v) is 11.9. The van der Waals surface area contributed by atoms with Crippen molar-refractivity contribution in [1.29, 1.82) is 0 Å². The third-order valence-electron chi connectivity index (χ3n) is 10.8. The van der Waals surface area contributed by atoms with Gasteiger partial charge < -0.3 is 4.90 Å². The van der Waals surface area contributed by atoms with Crippen LogP contribution in [0.4, 0.5) is 0 Å². The quantitative estimate of drug-likeness (QED) is 0.267. The van der Waals surface area contributed by atoms with Crippen molar-refractivity contribution in [2.24, 2.45) is 11.8 Å². The molecule has 10 heterocycles. The molecule has 1 amide bonds. The zero-order valence-corrected chi connectivity index (χ0v) is 25.9. The van der Waals surface area contributed by atoms with Crippen LogP contribution in [0.5, 0.6) is 0 Å². The number of pyridine rings is 3. The van der Waals surface area contributed by atoms with Gasteiger partial charge in [-0.25, -0.2) is 0 Å². The van der Waals surface area contributed by atoms with E-state index in [0.29, 0.717) is 23.9 Å². The summed E-state index contributed by atoms with van der Waals surface area (Å²) in [5.41, 5.74) is 3.45. The van der Waals surface area contributed by atoms with Crippen molar-refractivity contribution in [1.82, 2.24) is 29.7 Å². The van der Waals surface area contributed by atoms with Crippen LogP contribution in [0.1, 0.15) is 46.5 Å². The number of aromatic nitrogens is 3. The van der Waals surface area contributed by atoms with Crippen LogP contribution in [0.3, 0.4) is 0 Å². The fraction of sp³-hybridized carbons (Fsp3) is 0.444. The van der Waals surface area contributed by atoms with Gasteiger partial charge >= 0.3 is 0 Å². The number of thiophene rings is 1. The van der Waals surface area contributed by atoms with Crippen molar-refractivity contribution in [2.45, 2.75) is 62.7 Å². The van der Waals surface area contributed by atoms with Gasteiger partial charge in [-0.3, -0.25) is 29.5 Å². The minimum absolute atomic E-state index is 0.174. The van der Waals surface area contributed by atoms with E-state index in [2.05, 4.69) is 53.9 Å². The summed E-state index contributed by atoms with van der Waals surface area (Å²) in [6, 6.07) is 19.6. The molecule has 6 saturated heterocycles. The highest BCUT2D eigenvalue weighted by Gasteiger charge is 2.54. The van der Waals surface area contributed by atoms with Crippen molar-refractivity contribution >= 4 is 17.2 Å². The first-order valence-corrected chi connectivity index (χ1v) is 17.1. The van der Waals surface area contributed by atoms with Crippen LogP contribution in [0, 0.1) is 11.8 Å². The first-order valence-electron chi connectivity index (χ1n) is 16.3. The normalized spacial score (nSPS) is 30.7. The molecule has 0 aromatic carbocycles. The van der Waals surface area contributed by atoms with Gasteiger partial charge in [0.15, 0.2) is 0 Å². The predicted octanol–water partition coefficient (Wildman–Crippen LogP) is 5.45. The lowest BCUT2D eigenvalue weighted by molar-refractivity contribution is -0.0962. The van der Waals surface area contributed by atoms with E-state index in [9.17, 15) is 0 Å². The third kappa shape index (κ3) is 5.27. The van der Waals surface area contributed by atoms with Gasteiger partial charge in [0.1, 0.15) is 0 Å². The molecule has 0 radical (unpaired) electrons. The molecular weight excluding hydrogens is 565 g/mol. The summed E-state index contributed by atoms with van der Waals surface area (Å²) in [5.74, 6) is 1.23. The number of hydrogen-bond donors (Lipinski definition) is 0. The fourth-order valence-corrected chi connectivity index (χ4v) is 9.71. The number of hydrogen-bond acceptors (Lipinski definition) is 7. The lowest BCUT2D eigenvalue weighted by atomic mass is 9.71. The van der Waals surface area contributed by atoms with Crippen molar-refractivity contribution in [3.8, 4) is 10.6 Å². The molecule has 4 aromatic rings. The lowest BCUT2D eigenvalue weighted by Crippen LogP contribution is -2.72. The van der Waals surface area contributed by atoms with Crippen LogP contribution in [0.25, 0.3) is 10.6 Å². The van der Waals surface area contributed by atoms with E-state index in [1.165, 1.54) is 11.1 Å². The van der Waals surface area contributed by atoms with Crippen LogP contribution >= 0.6 is 11.3 Å². The Labute approximate surface area is 264 Å². The van der Waals surface area contributed by atoms with E-state index in [-0.39, 0.29) is 18.0 Å². The molecule has 4 atom stereocenters. The van der Waals surface area contributed by atoms with Gasteiger partial charge in [0.25, 0.3) is 5.91 Å². The van der Waals surface area contributed by atoms with Gasteiger partial charge in [-0.1, -0.05) is 18.2 Å². The molecule has 4 aromatic heterocycles. The Bertz CT molecular complexity index is 1480. The molecule has 4 bridgehead atoms. The molecule has 0 saturated carbocycles. The van der Waals surface area contributed by atoms with Crippen molar-refractivity contribution in [3.63, 3.8) is 0 Å². The maximum atomic E-state index is 15.2. The maximum Gasteiger partial charge on any atom is 0.264 e. The van der Waals surface area contributed by atoms with Gasteiger partial charge in [0, 0.05) is 43.1 Å². The standard InChI is InChI=1S/C36H40N6OS/c43-36(33-9-8-32(44-33)29-7-1-2-16-39-29)42(34-27-10-17-40(18-11-27)30(34)21-25-5-3-14-37-23-25)35-28-12-19-41(20-13-28)31(35)22-26-6-4-15-38-24-26/h1-9,14-16,23-24,27-28,30-31,34-35H,10-13,17-22H2. The highest BCUT2D eigenvalue weighted by atomic mass is 32.1. The van der Waals surface area contributed by atoms with Crippen LogP contribution in [-0.2, 0) is 12.8 Å². The highest BCUT2D eigenvalue weighted by molar-refractivity contribution is 7.17. The van der Waals surface area contributed by atoms with Crippen LogP contribution < -0.4 is 0 Å². The van der Waals surface area contributed by atoms with Gasteiger partial charge in [-0.05, 0) is 124 Å². The Kier molecular flexibility index (Phi) is 7.74. The SMILES string of the molecule is O=C(c1ccc(-c2ccccn2)s1)N(C1C2CCN(CC2)C1Cc1cccnc1)C1C2CCN(CC2)C1Cc1cccnc1. The summed E-state index contributed by atoms with van der Waals surface area (Å²) in [4.78, 5) is 38.4. The monoisotopic (exact) mass is 604 g/mol. The van der Waals surface area contributed by atoms with Crippen molar-refractivity contribution in [3.05, 3.63) is 102 Å². The first-order chi connectivity index (χ1) is 21.7. The maximum absolute atomic E-state index is 15.2. The zero-order chi connectivity index (χ0) is 29.5. The lowest BCUT2D eigenvalue weighted by Gasteiger charge is -2.61. The van der Waals surface area contributed by atoms with E-state index in [1.807, 2.05) is 61.3 Å². The Morgan fingerprint density at radius 2 is 1.32 bits per heavy atom. The molecule has 4 unspecified atom stereocenters. The molecular formula is C36H40N6OS. The Hall–Kier alpha value is -3.46. The van der Waals surface area contributed by atoms with E-state index < -0.39 is 0 Å². The Morgan fingerprint density at radius 1 is 0.727 bits per heavy atom. The van der Waals surface area contributed by atoms with Gasteiger partial charge in [-0.15, -0.1) is 11.3 Å². The molecule has 44 heavy (non-hydrogen) atoms. The number of rotatable bonds is 8. The smallest absolute Gasteiger partial charge is 0.264 e. The highest BCUT2D eigenvalue weighted by Crippen LogP contribution is 2.45. The molecule has 0 N–H and O–H groups in total. The van der Waals surface area contributed by atoms with E-state index >= 15 is 4.79 Å². The summed E-state index contributed by atoms with van der Waals surface area (Å²) in [5, 5.41) is 0. The summed E-state index contributed by atoms with van der Waals surface area (Å²) < 4.78 is 0. The zero-order valence-electron chi connectivity index (χ0n) is 25.1. The largest absolute Gasteiger partial charge is 0.328 e. The van der Waals surface area contributed by atoms with Gasteiger partial charge in [0.2, 0.25) is 0 Å². The second-order valence-corrected chi connectivity index (χ2v) is 14.2. The van der Waals surface area contributed by atoms with E-state index in [0.717, 1.165) is 80.2 Å². The van der Waals surface area contributed by atoms with Crippen LogP contribution in [-0.4, -0.2) is 85.9 Å². The minimum atomic E-state index is 0.174. The number of carbonyl (C=O) groups excluding carboxylic acids is 1. The van der Waals surface area contributed by atoms with E-state index in [1.54, 1.807) is 11.3 Å². The summed E-state index contributed by atoms with van der Waals surface area (Å²) in [6.45, 7) is 4.49. The molecule has 6 fully saturated rings. The second-order valence-electron chi connectivity index (χ2n) is 13.1. The fourth-order valence-electron chi connectivity index (χ4n) is 8.79. The summed E-state index contributed by atoms with van der Waals surface area (Å²) in [7, 11) is 0. The molecule has 8 heteroatoms. The van der Waals surface area contributed by atoms with E-state index in [4.69, 9.17) is 0 Å². The predicted molar refractivity (Wildman–Crippen MR) is 173 cm³/mol. The Morgan fingerprint density at radius 3 is 1.82 bits per heavy atom. The first kappa shape index (κ1) is 28.0.